The quantitative estimate of drug-likeness (QED) is 0.682. The molecule has 0 radical (unpaired) electrons. The van der Waals surface area contributed by atoms with Gasteiger partial charge in [0.25, 0.3) is 0 Å². The van der Waals surface area contributed by atoms with E-state index in [9.17, 15) is 0 Å². The Labute approximate surface area is 88.9 Å². The van der Waals surface area contributed by atoms with Gasteiger partial charge in [-0.2, -0.15) is 0 Å². The SMILES string of the molecule is CN1CCc2cc3cc(N)[nH]c3cc2C1. The molecule has 3 N–H and O–H groups in total. The van der Waals surface area contributed by atoms with Crippen LogP contribution in [0.25, 0.3) is 10.9 Å². The molecule has 2 heterocycles. The van der Waals surface area contributed by atoms with E-state index >= 15 is 0 Å². The summed E-state index contributed by atoms with van der Waals surface area (Å²) in [6.07, 6.45) is 1.15. The largest absolute Gasteiger partial charge is 0.385 e. The first kappa shape index (κ1) is 8.80. The first-order chi connectivity index (χ1) is 7.22. The van der Waals surface area contributed by atoms with Gasteiger partial charge in [-0.1, -0.05) is 0 Å². The van der Waals surface area contributed by atoms with Gasteiger partial charge in [-0.3, -0.25) is 0 Å². The molecule has 0 amide bonds. The van der Waals surface area contributed by atoms with Crippen LogP contribution in [-0.4, -0.2) is 23.5 Å². The Bertz CT molecular complexity index is 513. The highest BCUT2D eigenvalue weighted by atomic mass is 15.1. The molecule has 0 aliphatic carbocycles. The number of hydrogen-bond donors (Lipinski definition) is 2. The van der Waals surface area contributed by atoms with E-state index in [-0.39, 0.29) is 0 Å². The molecule has 0 saturated heterocycles. The number of nitrogen functional groups attached to an aromatic ring is 1. The van der Waals surface area contributed by atoms with Gasteiger partial charge in [0.05, 0.1) is 0 Å². The number of H-pyrrole nitrogens is 1. The predicted molar refractivity (Wildman–Crippen MR) is 62.7 cm³/mol. The third-order valence-corrected chi connectivity index (χ3v) is 3.16. The van der Waals surface area contributed by atoms with Crippen LogP contribution >= 0.6 is 0 Å². The fraction of sp³-hybridized carbons (Fsp3) is 0.333. The van der Waals surface area contributed by atoms with Crippen molar-refractivity contribution in [3.8, 4) is 0 Å². The summed E-state index contributed by atoms with van der Waals surface area (Å²) >= 11 is 0. The predicted octanol–water partition coefficient (Wildman–Crippen LogP) is 1.74. The Morgan fingerprint density at radius 2 is 2.13 bits per heavy atom. The second kappa shape index (κ2) is 3.00. The smallest absolute Gasteiger partial charge is 0.101 e. The van der Waals surface area contributed by atoms with Crippen molar-refractivity contribution < 1.29 is 0 Å². The third kappa shape index (κ3) is 1.39. The van der Waals surface area contributed by atoms with Crippen LogP contribution in [0.15, 0.2) is 18.2 Å². The van der Waals surface area contributed by atoms with Gasteiger partial charge in [0, 0.05) is 24.0 Å². The average Bonchev–Trinajstić information content (AvgIpc) is 2.53. The molecule has 1 aliphatic heterocycles. The van der Waals surface area contributed by atoms with E-state index in [4.69, 9.17) is 5.73 Å². The fourth-order valence-corrected chi connectivity index (χ4v) is 2.36. The lowest BCUT2D eigenvalue weighted by Gasteiger charge is -2.24. The summed E-state index contributed by atoms with van der Waals surface area (Å²) in [5.74, 6) is 0.751. The lowest BCUT2D eigenvalue weighted by molar-refractivity contribution is 0.313. The summed E-state index contributed by atoms with van der Waals surface area (Å²) in [6, 6.07) is 6.51. The van der Waals surface area contributed by atoms with Crippen molar-refractivity contribution in [3.63, 3.8) is 0 Å². The fourth-order valence-electron chi connectivity index (χ4n) is 2.36. The van der Waals surface area contributed by atoms with Gasteiger partial charge in [0.15, 0.2) is 0 Å². The Morgan fingerprint density at radius 1 is 1.27 bits per heavy atom. The average molecular weight is 201 g/mol. The molecule has 0 unspecified atom stereocenters. The Morgan fingerprint density at radius 3 is 3.00 bits per heavy atom. The molecule has 3 heteroatoms. The minimum atomic E-state index is 0.751. The van der Waals surface area contributed by atoms with Crippen LogP contribution in [0.2, 0.25) is 0 Å². The van der Waals surface area contributed by atoms with Crippen molar-refractivity contribution in [2.75, 3.05) is 19.3 Å². The molecule has 2 aromatic rings. The Balaban J connectivity index is 2.19. The van der Waals surface area contributed by atoms with E-state index in [2.05, 4.69) is 29.1 Å². The van der Waals surface area contributed by atoms with Gasteiger partial charge in [-0.05, 0) is 42.8 Å². The second-order valence-electron chi connectivity index (χ2n) is 4.42. The zero-order valence-electron chi connectivity index (χ0n) is 8.88. The summed E-state index contributed by atoms with van der Waals surface area (Å²) in [5.41, 5.74) is 9.81. The lowest BCUT2D eigenvalue weighted by atomic mass is 9.98. The highest BCUT2D eigenvalue weighted by Crippen LogP contribution is 2.25. The number of benzene rings is 1. The summed E-state index contributed by atoms with van der Waals surface area (Å²) in [5, 5.41) is 1.23. The van der Waals surface area contributed by atoms with Gasteiger partial charge in [-0.25, -0.2) is 0 Å². The van der Waals surface area contributed by atoms with Crippen LogP contribution in [0.1, 0.15) is 11.1 Å². The molecule has 1 aromatic heterocycles. The van der Waals surface area contributed by atoms with E-state index in [0.717, 1.165) is 30.8 Å². The van der Waals surface area contributed by atoms with E-state index in [1.54, 1.807) is 0 Å². The molecule has 3 rings (SSSR count). The van der Waals surface area contributed by atoms with E-state index in [0.29, 0.717) is 0 Å². The summed E-state index contributed by atoms with van der Waals surface area (Å²) in [6.45, 7) is 2.20. The number of fused-ring (bicyclic) bond motifs is 2. The number of rotatable bonds is 0. The van der Waals surface area contributed by atoms with E-state index in [1.807, 2.05) is 6.07 Å². The molecule has 0 saturated carbocycles. The van der Waals surface area contributed by atoms with Gasteiger partial charge in [-0.15, -0.1) is 0 Å². The minimum Gasteiger partial charge on any atom is -0.385 e. The minimum absolute atomic E-state index is 0.751. The van der Waals surface area contributed by atoms with Crippen LogP contribution in [0.4, 0.5) is 5.82 Å². The number of nitrogens with two attached hydrogens (primary N) is 1. The topological polar surface area (TPSA) is 45.0 Å². The first-order valence-corrected chi connectivity index (χ1v) is 5.31. The van der Waals surface area contributed by atoms with Gasteiger partial charge < -0.3 is 15.6 Å². The number of nitrogens with one attached hydrogen (secondary N) is 1. The molecule has 78 valence electrons. The molecule has 1 aliphatic rings. The van der Waals surface area contributed by atoms with E-state index in [1.165, 1.54) is 16.5 Å². The van der Waals surface area contributed by atoms with Crippen LogP contribution in [0.5, 0.6) is 0 Å². The van der Waals surface area contributed by atoms with Crippen LogP contribution in [0, 0.1) is 0 Å². The van der Waals surface area contributed by atoms with Gasteiger partial charge in [0.2, 0.25) is 0 Å². The molecular formula is C12H15N3. The Kier molecular flexibility index (Phi) is 1.76. The van der Waals surface area contributed by atoms with Crippen molar-refractivity contribution in [2.45, 2.75) is 13.0 Å². The van der Waals surface area contributed by atoms with Crippen LogP contribution < -0.4 is 5.73 Å². The molecule has 3 nitrogen and oxygen atoms in total. The lowest BCUT2D eigenvalue weighted by Crippen LogP contribution is -2.26. The molecule has 0 atom stereocenters. The number of likely N-dealkylation sites (N-methyl/N-ethyl adjacent to an activating group) is 1. The van der Waals surface area contributed by atoms with Crippen molar-refractivity contribution in [2.24, 2.45) is 0 Å². The van der Waals surface area contributed by atoms with Gasteiger partial charge >= 0.3 is 0 Å². The normalized spacial score (nSPS) is 16.9. The third-order valence-electron chi connectivity index (χ3n) is 3.16. The standard InChI is InChI=1S/C12H15N3/c1-15-3-2-8-4-9-6-12(13)14-11(9)5-10(8)7-15/h4-6,14H,2-3,7,13H2,1H3. The summed E-state index contributed by atoms with van der Waals surface area (Å²) < 4.78 is 0. The number of nitrogens with zero attached hydrogens (tertiary/aromatic N) is 1. The van der Waals surface area contributed by atoms with Crippen molar-refractivity contribution >= 4 is 16.7 Å². The zero-order chi connectivity index (χ0) is 10.4. The maximum atomic E-state index is 5.75. The first-order valence-electron chi connectivity index (χ1n) is 5.31. The molecule has 1 aromatic carbocycles. The maximum Gasteiger partial charge on any atom is 0.101 e. The maximum absolute atomic E-state index is 5.75. The molecule has 15 heavy (non-hydrogen) atoms. The molecule has 0 spiro atoms. The van der Waals surface area contributed by atoms with Crippen LogP contribution in [0.3, 0.4) is 0 Å². The Hall–Kier alpha value is -1.48. The summed E-state index contributed by atoms with van der Waals surface area (Å²) in [4.78, 5) is 5.53. The number of anilines is 1. The van der Waals surface area contributed by atoms with Crippen LogP contribution in [-0.2, 0) is 13.0 Å². The number of hydrogen-bond acceptors (Lipinski definition) is 2. The second-order valence-corrected chi connectivity index (χ2v) is 4.42. The highest BCUT2D eigenvalue weighted by molar-refractivity contribution is 5.85. The van der Waals surface area contributed by atoms with Gasteiger partial charge in [0.1, 0.15) is 5.82 Å². The molecule has 0 fully saturated rings. The van der Waals surface area contributed by atoms with Crippen molar-refractivity contribution in [1.82, 2.24) is 9.88 Å². The van der Waals surface area contributed by atoms with Crippen molar-refractivity contribution in [1.29, 1.82) is 0 Å². The zero-order valence-corrected chi connectivity index (χ0v) is 8.88. The monoisotopic (exact) mass is 201 g/mol. The van der Waals surface area contributed by atoms with E-state index < -0.39 is 0 Å². The molecule has 0 bridgehead atoms. The van der Waals surface area contributed by atoms with Crippen molar-refractivity contribution in [3.05, 3.63) is 29.3 Å². The number of aromatic nitrogens is 1. The number of aromatic amines is 1. The molecular weight excluding hydrogens is 186 g/mol. The summed E-state index contributed by atoms with van der Waals surface area (Å²) in [7, 11) is 2.16. The highest BCUT2D eigenvalue weighted by Gasteiger charge is 2.14.